The standard InChI is InChI=1S/C26H35N3O2/c1-6-19(7-2)25(30)27-18-24-28-22-10-8-9-11-23(22)29(24)16-17-31-21-14-12-20(13-15-21)26(3,4)5/h8-15,19H,6-7,16-18H2,1-5H3,(H,27,30). The van der Waals surface area contributed by atoms with E-state index in [9.17, 15) is 4.79 Å². The quantitative estimate of drug-likeness (QED) is 0.499. The zero-order chi connectivity index (χ0) is 22.4. The molecule has 0 radical (unpaired) electrons. The maximum atomic E-state index is 12.4. The van der Waals surface area contributed by atoms with Gasteiger partial charge >= 0.3 is 0 Å². The number of imidazole rings is 1. The van der Waals surface area contributed by atoms with Crippen molar-refractivity contribution in [3.8, 4) is 5.75 Å². The van der Waals surface area contributed by atoms with Gasteiger partial charge in [0.2, 0.25) is 5.91 Å². The number of aromatic nitrogens is 2. The van der Waals surface area contributed by atoms with Crippen LogP contribution in [0.2, 0.25) is 0 Å². The predicted octanol–water partition coefficient (Wildman–Crippen LogP) is 5.47. The van der Waals surface area contributed by atoms with Crippen molar-refractivity contribution in [1.82, 2.24) is 14.9 Å². The highest BCUT2D eigenvalue weighted by atomic mass is 16.5. The van der Waals surface area contributed by atoms with E-state index in [1.165, 1.54) is 5.56 Å². The molecule has 166 valence electrons. The van der Waals surface area contributed by atoms with E-state index < -0.39 is 0 Å². The molecule has 0 unspecified atom stereocenters. The normalized spacial score (nSPS) is 11.8. The highest BCUT2D eigenvalue weighted by Crippen LogP contribution is 2.24. The molecule has 0 aliphatic heterocycles. The van der Waals surface area contributed by atoms with Gasteiger partial charge in [0.05, 0.1) is 24.1 Å². The second-order valence-electron chi connectivity index (χ2n) is 9.02. The molecule has 2 aromatic carbocycles. The fourth-order valence-electron chi connectivity index (χ4n) is 3.79. The van der Waals surface area contributed by atoms with Crippen LogP contribution in [-0.2, 0) is 23.3 Å². The van der Waals surface area contributed by atoms with Crippen molar-refractivity contribution in [3.05, 3.63) is 59.9 Å². The number of amides is 1. The summed E-state index contributed by atoms with van der Waals surface area (Å²) in [5, 5.41) is 3.07. The fraction of sp³-hybridized carbons (Fsp3) is 0.462. The van der Waals surface area contributed by atoms with Crippen LogP contribution in [0, 0.1) is 5.92 Å². The number of nitrogens with zero attached hydrogens (tertiary/aromatic N) is 2. The van der Waals surface area contributed by atoms with Gasteiger partial charge in [-0.05, 0) is 48.1 Å². The Hall–Kier alpha value is -2.82. The molecule has 1 amide bonds. The van der Waals surface area contributed by atoms with Gasteiger partial charge in [-0.25, -0.2) is 4.98 Å². The maximum absolute atomic E-state index is 12.4. The fourth-order valence-corrected chi connectivity index (χ4v) is 3.79. The Morgan fingerprint density at radius 3 is 2.39 bits per heavy atom. The van der Waals surface area contributed by atoms with Crippen LogP contribution in [0.3, 0.4) is 0 Å². The van der Waals surface area contributed by atoms with Crippen LogP contribution in [0.15, 0.2) is 48.5 Å². The van der Waals surface area contributed by atoms with E-state index in [1.807, 2.05) is 44.2 Å². The average molecular weight is 422 g/mol. The smallest absolute Gasteiger partial charge is 0.223 e. The van der Waals surface area contributed by atoms with Crippen LogP contribution >= 0.6 is 0 Å². The van der Waals surface area contributed by atoms with Crippen LogP contribution in [-0.4, -0.2) is 22.1 Å². The first-order chi connectivity index (χ1) is 14.8. The zero-order valence-corrected chi connectivity index (χ0v) is 19.4. The zero-order valence-electron chi connectivity index (χ0n) is 19.4. The minimum absolute atomic E-state index is 0.0530. The summed E-state index contributed by atoms with van der Waals surface area (Å²) in [6.45, 7) is 12.3. The number of carbonyl (C=O) groups is 1. The van der Waals surface area contributed by atoms with E-state index in [-0.39, 0.29) is 17.2 Å². The average Bonchev–Trinajstić information content (AvgIpc) is 3.10. The lowest BCUT2D eigenvalue weighted by Crippen LogP contribution is -2.31. The SMILES string of the molecule is CCC(CC)C(=O)NCc1nc2ccccc2n1CCOc1ccc(C(C)(C)C)cc1. The molecule has 5 nitrogen and oxygen atoms in total. The van der Waals surface area contributed by atoms with Crippen LogP contribution in [0.1, 0.15) is 58.8 Å². The Kier molecular flexibility index (Phi) is 7.37. The second-order valence-corrected chi connectivity index (χ2v) is 9.02. The monoisotopic (exact) mass is 421 g/mol. The number of nitrogens with one attached hydrogen (secondary N) is 1. The summed E-state index contributed by atoms with van der Waals surface area (Å²) in [4.78, 5) is 17.2. The minimum atomic E-state index is 0.0530. The molecule has 1 N–H and O–H groups in total. The number of hydrogen-bond acceptors (Lipinski definition) is 3. The van der Waals surface area contributed by atoms with Gasteiger partial charge in [-0.1, -0.05) is 58.9 Å². The van der Waals surface area contributed by atoms with Crippen LogP contribution < -0.4 is 10.1 Å². The summed E-state index contributed by atoms with van der Waals surface area (Å²) < 4.78 is 8.16. The lowest BCUT2D eigenvalue weighted by molar-refractivity contribution is -0.125. The van der Waals surface area contributed by atoms with E-state index in [4.69, 9.17) is 9.72 Å². The molecule has 0 fully saturated rings. The van der Waals surface area contributed by atoms with Gasteiger partial charge in [0, 0.05) is 5.92 Å². The third-order valence-corrected chi connectivity index (χ3v) is 5.81. The number of benzene rings is 2. The molecule has 0 aliphatic carbocycles. The molecule has 0 bridgehead atoms. The summed E-state index contributed by atoms with van der Waals surface area (Å²) in [5.74, 6) is 1.87. The highest BCUT2D eigenvalue weighted by Gasteiger charge is 2.16. The van der Waals surface area contributed by atoms with Crippen molar-refractivity contribution in [2.45, 2.75) is 66.0 Å². The summed E-state index contributed by atoms with van der Waals surface area (Å²) >= 11 is 0. The van der Waals surface area contributed by atoms with Crippen molar-refractivity contribution in [2.24, 2.45) is 5.92 Å². The number of hydrogen-bond donors (Lipinski definition) is 1. The molecule has 1 aromatic heterocycles. The first-order valence-corrected chi connectivity index (χ1v) is 11.3. The van der Waals surface area contributed by atoms with E-state index in [0.29, 0.717) is 19.7 Å². The van der Waals surface area contributed by atoms with Gasteiger partial charge in [0.15, 0.2) is 0 Å². The van der Waals surface area contributed by atoms with Crippen molar-refractivity contribution >= 4 is 16.9 Å². The second kappa shape index (κ2) is 9.99. The number of ether oxygens (including phenoxy) is 1. The third-order valence-electron chi connectivity index (χ3n) is 5.81. The Balaban J connectivity index is 1.69. The molecule has 31 heavy (non-hydrogen) atoms. The van der Waals surface area contributed by atoms with E-state index >= 15 is 0 Å². The van der Waals surface area contributed by atoms with Crippen molar-refractivity contribution in [1.29, 1.82) is 0 Å². The maximum Gasteiger partial charge on any atom is 0.223 e. The largest absolute Gasteiger partial charge is 0.492 e. The van der Waals surface area contributed by atoms with Gasteiger partial charge in [-0.2, -0.15) is 0 Å². The van der Waals surface area contributed by atoms with Gasteiger partial charge in [0.25, 0.3) is 0 Å². The van der Waals surface area contributed by atoms with E-state index in [0.717, 1.165) is 35.4 Å². The summed E-state index contributed by atoms with van der Waals surface area (Å²) in [7, 11) is 0. The molecule has 0 saturated carbocycles. The van der Waals surface area contributed by atoms with Gasteiger partial charge in [-0.15, -0.1) is 0 Å². The van der Waals surface area contributed by atoms with Crippen molar-refractivity contribution in [3.63, 3.8) is 0 Å². The van der Waals surface area contributed by atoms with E-state index in [1.54, 1.807) is 0 Å². The number of para-hydroxylation sites is 2. The van der Waals surface area contributed by atoms with Crippen molar-refractivity contribution < 1.29 is 9.53 Å². The molecule has 0 aliphatic rings. The van der Waals surface area contributed by atoms with Gasteiger partial charge in [0.1, 0.15) is 18.2 Å². The Morgan fingerprint density at radius 2 is 1.74 bits per heavy atom. The summed E-state index contributed by atoms with van der Waals surface area (Å²) in [6.07, 6.45) is 1.70. The molecule has 3 rings (SSSR count). The molecule has 0 saturated heterocycles. The molecular weight excluding hydrogens is 386 g/mol. The molecule has 0 atom stereocenters. The van der Waals surface area contributed by atoms with Crippen LogP contribution in [0.4, 0.5) is 0 Å². The molecular formula is C26H35N3O2. The molecule has 0 spiro atoms. The van der Waals surface area contributed by atoms with E-state index in [2.05, 4.69) is 48.9 Å². The van der Waals surface area contributed by atoms with Gasteiger partial charge < -0.3 is 14.6 Å². The molecule has 1 heterocycles. The first-order valence-electron chi connectivity index (χ1n) is 11.3. The number of rotatable bonds is 9. The molecule has 5 heteroatoms. The minimum Gasteiger partial charge on any atom is -0.492 e. The van der Waals surface area contributed by atoms with Crippen molar-refractivity contribution in [2.75, 3.05) is 6.61 Å². The highest BCUT2D eigenvalue weighted by molar-refractivity contribution is 5.79. The predicted molar refractivity (Wildman–Crippen MR) is 126 cm³/mol. The Labute approximate surface area is 185 Å². The number of carbonyl (C=O) groups excluding carboxylic acids is 1. The Bertz CT molecular complexity index is 996. The summed E-state index contributed by atoms with van der Waals surface area (Å²) in [5.41, 5.74) is 3.41. The molecule has 3 aromatic rings. The first kappa shape index (κ1) is 22.9. The third kappa shape index (κ3) is 5.66. The lowest BCUT2D eigenvalue weighted by Gasteiger charge is -2.19. The lowest BCUT2D eigenvalue weighted by atomic mass is 9.87. The topological polar surface area (TPSA) is 56.2 Å². The van der Waals surface area contributed by atoms with Gasteiger partial charge in [-0.3, -0.25) is 4.79 Å². The summed E-state index contributed by atoms with van der Waals surface area (Å²) in [6, 6.07) is 16.4. The number of fused-ring (bicyclic) bond motifs is 1. The Morgan fingerprint density at radius 1 is 1.06 bits per heavy atom. The van der Waals surface area contributed by atoms with Crippen LogP contribution in [0.5, 0.6) is 5.75 Å². The van der Waals surface area contributed by atoms with Crippen LogP contribution in [0.25, 0.3) is 11.0 Å².